The first-order chi connectivity index (χ1) is 13.4. The number of carbonyl (C=O) groups excluding carboxylic acids is 2. The molecule has 0 aliphatic heterocycles. The molecule has 0 saturated carbocycles. The quantitative estimate of drug-likeness (QED) is 0.682. The van der Waals surface area contributed by atoms with Crippen molar-refractivity contribution in [2.75, 3.05) is 32.0 Å². The number of benzene rings is 2. The highest BCUT2D eigenvalue weighted by Crippen LogP contribution is 2.38. The van der Waals surface area contributed by atoms with E-state index >= 15 is 0 Å². The van der Waals surface area contributed by atoms with Gasteiger partial charge in [0.05, 0.1) is 32.0 Å². The molecule has 0 heterocycles. The van der Waals surface area contributed by atoms with E-state index in [0.29, 0.717) is 39.2 Å². The molecule has 2 aromatic carbocycles. The van der Waals surface area contributed by atoms with Crippen LogP contribution in [0.4, 0.5) is 11.4 Å². The Bertz CT molecular complexity index is 886. The van der Waals surface area contributed by atoms with Crippen molar-refractivity contribution in [1.29, 1.82) is 0 Å². The van der Waals surface area contributed by atoms with E-state index in [1.165, 1.54) is 34.3 Å². The van der Waals surface area contributed by atoms with E-state index in [9.17, 15) is 9.59 Å². The van der Waals surface area contributed by atoms with E-state index in [0.717, 1.165) is 0 Å². The fraction of sp³-hybridized carbons (Fsp3) is 0.200. The van der Waals surface area contributed by atoms with Crippen LogP contribution in [0.5, 0.6) is 17.2 Å². The highest BCUT2D eigenvalue weighted by Gasteiger charge is 2.12. The van der Waals surface area contributed by atoms with Gasteiger partial charge < -0.3 is 24.8 Å². The van der Waals surface area contributed by atoms with E-state index < -0.39 is 0 Å². The average Bonchev–Trinajstić information content (AvgIpc) is 2.67. The number of rotatable bonds is 7. The Morgan fingerprint density at radius 2 is 1.61 bits per heavy atom. The summed E-state index contributed by atoms with van der Waals surface area (Å²) in [5, 5.41) is 5.61. The maximum absolute atomic E-state index is 12.2. The van der Waals surface area contributed by atoms with Crippen molar-refractivity contribution >= 4 is 40.9 Å². The normalized spacial score (nSPS) is 10.5. The molecule has 8 heteroatoms. The Balaban J connectivity index is 2.15. The molecule has 0 fully saturated rings. The maximum atomic E-state index is 12.2. The molecule has 2 rings (SSSR count). The molecule has 148 valence electrons. The van der Waals surface area contributed by atoms with E-state index in [1.54, 1.807) is 36.4 Å². The Kier molecular flexibility index (Phi) is 7.28. The molecule has 2 amide bonds. The van der Waals surface area contributed by atoms with Crippen molar-refractivity contribution in [3.05, 3.63) is 47.0 Å². The van der Waals surface area contributed by atoms with Gasteiger partial charge in [-0.25, -0.2) is 0 Å². The van der Waals surface area contributed by atoms with Gasteiger partial charge in [-0.05, 0) is 42.0 Å². The molecular formula is C20H21ClN2O5. The lowest BCUT2D eigenvalue weighted by atomic mass is 10.1. The fourth-order valence-corrected chi connectivity index (χ4v) is 2.67. The molecule has 0 atom stereocenters. The van der Waals surface area contributed by atoms with Crippen LogP contribution in [-0.2, 0) is 9.59 Å². The molecule has 0 aliphatic carbocycles. The second-order valence-corrected chi connectivity index (χ2v) is 6.06. The number of hydrogen-bond acceptors (Lipinski definition) is 5. The number of carbonyl (C=O) groups is 2. The topological polar surface area (TPSA) is 85.9 Å². The summed E-state index contributed by atoms with van der Waals surface area (Å²) in [6, 6.07) is 8.26. The van der Waals surface area contributed by atoms with Crippen molar-refractivity contribution in [2.24, 2.45) is 0 Å². The van der Waals surface area contributed by atoms with Gasteiger partial charge >= 0.3 is 0 Å². The van der Waals surface area contributed by atoms with E-state index in [1.807, 2.05) is 0 Å². The predicted molar refractivity (Wildman–Crippen MR) is 110 cm³/mol. The van der Waals surface area contributed by atoms with Gasteiger partial charge in [-0.15, -0.1) is 0 Å². The van der Waals surface area contributed by atoms with Gasteiger partial charge in [0.2, 0.25) is 17.6 Å². The van der Waals surface area contributed by atoms with Crippen molar-refractivity contribution in [3.63, 3.8) is 0 Å². The minimum atomic E-state index is -0.372. The van der Waals surface area contributed by atoms with Gasteiger partial charge in [-0.3, -0.25) is 9.59 Å². The van der Waals surface area contributed by atoms with Crippen LogP contribution in [0.2, 0.25) is 5.02 Å². The molecule has 2 aromatic rings. The Morgan fingerprint density at radius 1 is 0.964 bits per heavy atom. The van der Waals surface area contributed by atoms with Crippen molar-refractivity contribution in [1.82, 2.24) is 0 Å². The van der Waals surface area contributed by atoms with Crippen molar-refractivity contribution in [2.45, 2.75) is 6.92 Å². The summed E-state index contributed by atoms with van der Waals surface area (Å²) in [5.74, 6) is 0.860. The second-order valence-electron chi connectivity index (χ2n) is 5.66. The minimum absolute atomic E-state index is 0.207. The highest BCUT2D eigenvalue weighted by atomic mass is 35.5. The zero-order valence-electron chi connectivity index (χ0n) is 16.0. The average molecular weight is 405 g/mol. The molecule has 0 bridgehead atoms. The van der Waals surface area contributed by atoms with E-state index in [4.69, 9.17) is 25.8 Å². The molecule has 28 heavy (non-hydrogen) atoms. The maximum Gasteiger partial charge on any atom is 0.248 e. The smallest absolute Gasteiger partial charge is 0.248 e. The first kappa shape index (κ1) is 21.1. The number of ether oxygens (including phenoxy) is 3. The summed E-state index contributed by atoms with van der Waals surface area (Å²) in [4.78, 5) is 23.3. The van der Waals surface area contributed by atoms with Crippen LogP contribution >= 0.6 is 11.6 Å². The standard InChI is InChI=1S/C20H21ClN2O5/c1-12(24)22-14-6-7-16(15(21)11-14)23-19(25)8-5-13-9-17(26-2)20(28-4)18(10-13)27-3/h5-11H,1-4H3,(H,22,24)(H,23,25)/b8-5+. The first-order valence-electron chi connectivity index (χ1n) is 8.24. The zero-order chi connectivity index (χ0) is 20.7. The molecule has 0 aliphatic rings. The Labute approximate surface area is 168 Å². The van der Waals surface area contributed by atoms with Gasteiger partial charge in [0.25, 0.3) is 0 Å². The van der Waals surface area contributed by atoms with Gasteiger partial charge in [0.1, 0.15) is 0 Å². The van der Waals surface area contributed by atoms with E-state index in [-0.39, 0.29) is 11.8 Å². The van der Waals surface area contributed by atoms with Crippen LogP contribution in [0, 0.1) is 0 Å². The van der Waals surface area contributed by atoms with Crippen LogP contribution in [-0.4, -0.2) is 33.1 Å². The minimum Gasteiger partial charge on any atom is -0.493 e. The van der Waals surface area contributed by atoms with Gasteiger partial charge in [-0.1, -0.05) is 11.6 Å². The number of amides is 2. The summed E-state index contributed by atoms with van der Waals surface area (Å²) >= 11 is 6.15. The summed E-state index contributed by atoms with van der Waals surface area (Å²) in [7, 11) is 4.55. The molecule has 0 unspecified atom stereocenters. The molecule has 7 nitrogen and oxygen atoms in total. The predicted octanol–water partition coefficient (Wildman–Crippen LogP) is 3.98. The summed E-state index contributed by atoms with van der Waals surface area (Å²) in [5.41, 5.74) is 1.66. The lowest BCUT2D eigenvalue weighted by molar-refractivity contribution is -0.114. The third kappa shape index (κ3) is 5.40. The highest BCUT2D eigenvalue weighted by molar-refractivity contribution is 6.34. The second kappa shape index (κ2) is 9.66. The van der Waals surface area contributed by atoms with Crippen LogP contribution < -0.4 is 24.8 Å². The van der Waals surface area contributed by atoms with Gasteiger partial charge in [-0.2, -0.15) is 0 Å². The van der Waals surface area contributed by atoms with Crippen LogP contribution in [0.3, 0.4) is 0 Å². The lowest BCUT2D eigenvalue weighted by Crippen LogP contribution is -2.09. The Hall–Kier alpha value is -3.19. The molecule has 0 spiro atoms. The van der Waals surface area contributed by atoms with E-state index in [2.05, 4.69) is 10.6 Å². The SMILES string of the molecule is COc1cc(/C=C/C(=O)Nc2ccc(NC(C)=O)cc2Cl)cc(OC)c1OC. The number of anilines is 2. The zero-order valence-corrected chi connectivity index (χ0v) is 16.7. The summed E-state index contributed by atoms with van der Waals surface area (Å²) in [6.45, 7) is 1.40. The van der Waals surface area contributed by atoms with Crippen LogP contribution in [0.1, 0.15) is 12.5 Å². The lowest BCUT2D eigenvalue weighted by Gasteiger charge is -2.12. The molecule has 2 N–H and O–H groups in total. The van der Waals surface area contributed by atoms with Gasteiger partial charge in [0.15, 0.2) is 11.5 Å². The molecule has 0 aromatic heterocycles. The largest absolute Gasteiger partial charge is 0.493 e. The van der Waals surface area contributed by atoms with Crippen molar-refractivity contribution in [3.8, 4) is 17.2 Å². The molecule has 0 radical (unpaired) electrons. The first-order valence-corrected chi connectivity index (χ1v) is 8.62. The fourth-order valence-electron chi connectivity index (χ4n) is 2.44. The molecular weight excluding hydrogens is 384 g/mol. The monoisotopic (exact) mass is 404 g/mol. The number of methoxy groups -OCH3 is 3. The third-order valence-electron chi connectivity index (χ3n) is 3.66. The summed E-state index contributed by atoms with van der Waals surface area (Å²) in [6.07, 6.45) is 2.97. The van der Waals surface area contributed by atoms with Crippen molar-refractivity contribution < 1.29 is 23.8 Å². The van der Waals surface area contributed by atoms with Crippen LogP contribution in [0.15, 0.2) is 36.4 Å². The Morgan fingerprint density at radius 3 is 2.11 bits per heavy atom. The molecule has 0 saturated heterocycles. The number of hydrogen-bond donors (Lipinski definition) is 2. The summed E-state index contributed by atoms with van der Waals surface area (Å²) < 4.78 is 15.8. The number of halogens is 1. The third-order valence-corrected chi connectivity index (χ3v) is 3.97. The number of nitrogens with one attached hydrogen (secondary N) is 2. The van der Waals surface area contributed by atoms with Crippen LogP contribution in [0.25, 0.3) is 6.08 Å². The van der Waals surface area contributed by atoms with Gasteiger partial charge in [0, 0.05) is 18.7 Å².